The van der Waals surface area contributed by atoms with Crippen molar-refractivity contribution in [2.45, 2.75) is 26.2 Å². The van der Waals surface area contributed by atoms with Crippen LogP contribution >= 0.6 is 0 Å². The molecule has 33 heavy (non-hydrogen) atoms. The van der Waals surface area contributed by atoms with Crippen molar-refractivity contribution < 1.29 is 17.9 Å². The minimum absolute atomic E-state index is 0.288. The summed E-state index contributed by atoms with van der Waals surface area (Å²) in [4.78, 5) is 0. The van der Waals surface area contributed by atoms with Crippen LogP contribution in [0, 0.1) is 29.3 Å². The van der Waals surface area contributed by atoms with E-state index < -0.39 is 5.82 Å². The summed E-state index contributed by atoms with van der Waals surface area (Å²) < 4.78 is 47.7. The molecule has 0 heterocycles. The lowest BCUT2D eigenvalue weighted by atomic mass is 10.0. The molecule has 4 aromatic carbocycles. The van der Waals surface area contributed by atoms with Gasteiger partial charge < -0.3 is 4.74 Å². The SMILES string of the molecule is CCCOc1ccc(CCc2ccc(C#Cc3ccc4cc(F)ccc4c3)c(F)c2)c(F)c1. The summed E-state index contributed by atoms with van der Waals surface area (Å²) in [5.74, 6) is 5.34. The summed E-state index contributed by atoms with van der Waals surface area (Å²) in [7, 11) is 0. The first-order valence-corrected chi connectivity index (χ1v) is 10.9. The van der Waals surface area contributed by atoms with Gasteiger partial charge >= 0.3 is 0 Å². The zero-order valence-electron chi connectivity index (χ0n) is 18.3. The molecule has 0 saturated heterocycles. The number of hydrogen-bond donors (Lipinski definition) is 0. The Hall–Kier alpha value is -3.71. The van der Waals surface area contributed by atoms with Crippen LogP contribution in [0.25, 0.3) is 10.8 Å². The van der Waals surface area contributed by atoms with E-state index in [1.807, 2.05) is 19.1 Å². The number of fused-ring (bicyclic) bond motifs is 1. The molecule has 0 aromatic heterocycles. The molecule has 0 atom stereocenters. The first kappa shape index (κ1) is 22.5. The van der Waals surface area contributed by atoms with Crippen LogP contribution in [-0.4, -0.2) is 6.61 Å². The third kappa shape index (κ3) is 5.75. The zero-order chi connectivity index (χ0) is 23.2. The Balaban J connectivity index is 1.43. The van der Waals surface area contributed by atoms with E-state index in [2.05, 4.69) is 11.8 Å². The molecule has 4 heteroatoms. The van der Waals surface area contributed by atoms with Crippen molar-refractivity contribution in [2.75, 3.05) is 6.61 Å². The van der Waals surface area contributed by atoms with Crippen LogP contribution in [0.5, 0.6) is 5.75 Å². The zero-order valence-corrected chi connectivity index (χ0v) is 18.3. The van der Waals surface area contributed by atoms with Gasteiger partial charge in [-0.2, -0.15) is 0 Å². The second-order valence-electron chi connectivity index (χ2n) is 7.87. The van der Waals surface area contributed by atoms with Crippen LogP contribution in [0.3, 0.4) is 0 Å². The third-order valence-corrected chi connectivity index (χ3v) is 5.36. The second-order valence-corrected chi connectivity index (χ2v) is 7.87. The van der Waals surface area contributed by atoms with Gasteiger partial charge in [-0.3, -0.25) is 0 Å². The fraction of sp³-hybridized carbons (Fsp3) is 0.172. The standard InChI is InChI=1S/C29H23F3O/c1-2-15-33-27-14-12-23(29(32)19-27)9-5-21-4-8-22(28(31)17-21)7-3-20-6-10-25-18-26(30)13-11-24(25)16-20/h4,6,8,10-14,16-19H,2,5,9,15H2,1H3. The fourth-order valence-corrected chi connectivity index (χ4v) is 3.57. The molecule has 0 radical (unpaired) electrons. The maximum atomic E-state index is 14.6. The highest BCUT2D eigenvalue weighted by Gasteiger charge is 2.07. The molecule has 0 saturated carbocycles. The van der Waals surface area contributed by atoms with Crippen LogP contribution in [0.4, 0.5) is 13.2 Å². The van der Waals surface area contributed by atoms with Crippen molar-refractivity contribution in [3.05, 3.63) is 113 Å². The average Bonchev–Trinajstić information content (AvgIpc) is 2.81. The summed E-state index contributed by atoms with van der Waals surface area (Å²) in [6, 6.07) is 19.8. The molecule has 0 spiro atoms. The van der Waals surface area contributed by atoms with E-state index >= 15 is 0 Å². The van der Waals surface area contributed by atoms with Gasteiger partial charge in [0.05, 0.1) is 12.2 Å². The number of rotatable bonds is 6. The predicted molar refractivity (Wildman–Crippen MR) is 126 cm³/mol. The first-order chi connectivity index (χ1) is 16.0. The Morgan fingerprint density at radius 3 is 2.33 bits per heavy atom. The number of ether oxygens (including phenoxy) is 1. The predicted octanol–water partition coefficient (Wildman–Crippen LogP) is 7.23. The second kappa shape index (κ2) is 10.3. The van der Waals surface area contributed by atoms with E-state index in [1.54, 1.807) is 36.4 Å². The average molecular weight is 444 g/mol. The molecule has 4 rings (SSSR count). The molecule has 0 bridgehead atoms. The van der Waals surface area contributed by atoms with E-state index in [-0.39, 0.29) is 11.6 Å². The van der Waals surface area contributed by atoms with Gasteiger partial charge in [0.1, 0.15) is 23.2 Å². The van der Waals surface area contributed by atoms with Crippen molar-refractivity contribution in [3.63, 3.8) is 0 Å². The monoisotopic (exact) mass is 444 g/mol. The summed E-state index contributed by atoms with van der Waals surface area (Å²) in [5.41, 5.74) is 2.36. The van der Waals surface area contributed by atoms with Gasteiger partial charge in [0.25, 0.3) is 0 Å². The number of aryl methyl sites for hydroxylation is 2. The third-order valence-electron chi connectivity index (χ3n) is 5.36. The van der Waals surface area contributed by atoms with Crippen LogP contribution in [-0.2, 0) is 12.8 Å². The van der Waals surface area contributed by atoms with Crippen LogP contribution in [0.2, 0.25) is 0 Å². The van der Waals surface area contributed by atoms with E-state index in [1.165, 1.54) is 24.3 Å². The van der Waals surface area contributed by atoms with Crippen molar-refractivity contribution in [1.29, 1.82) is 0 Å². The number of halogens is 3. The molecule has 166 valence electrons. The fourth-order valence-electron chi connectivity index (χ4n) is 3.57. The van der Waals surface area contributed by atoms with Gasteiger partial charge in [-0.15, -0.1) is 0 Å². The van der Waals surface area contributed by atoms with Gasteiger partial charge in [0.2, 0.25) is 0 Å². The maximum absolute atomic E-state index is 14.6. The van der Waals surface area contributed by atoms with E-state index in [0.717, 1.165) is 28.3 Å². The highest BCUT2D eigenvalue weighted by atomic mass is 19.1. The number of benzene rings is 4. The molecular formula is C29H23F3O. The molecule has 0 amide bonds. The molecule has 1 nitrogen and oxygen atoms in total. The van der Waals surface area contributed by atoms with Crippen molar-refractivity contribution in [1.82, 2.24) is 0 Å². The van der Waals surface area contributed by atoms with Gasteiger partial charge in [-0.05, 0) is 83.6 Å². The molecule has 0 aliphatic heterocycles. The Labute approximate surface area is 191 Å². The Bertz CT molecular complexity index is 1350. The van der Waals surface area contributed by atoms with Crippen molar-refractivity contribution >= 4 is 10.8 Å². The quantitative estimate of drug-likeness (QED) is 0.285. The van der Waals surface area contributed by atoms with Crippen LogP contribution in [0.1, 0.15) is 35.6 Å². The van der Waals surface area contributed by atoms with Crippen LogP contribution in [0.15, 0.2) is 72.8 Å². The summed E-state index contributed by atoms with van der Waals surface area (Å²) in [6.45, 7) is 2.54. The minimum atomic E-state index is -0.411. The van der Waals surface area contributed by atoms with Gasteiger partial charge in [-0.25, -0.2) is 13.2 Å². The summed E-state index contributed by atoms with van der Waals surface area (Å²) >= 11 is 0. The Kier molecular flexibility index (Phi) is 7.00. The normalized spacial score (nSPS) is 10.7. The lowest BCUT2D eigenvalue weighted by Crippen LogP contribution is -1.99. The molecule has 4 aromatic rings. The molecule has 0 aliphatic rings. The highest BCUT2D eigenvalue weighted by Crippen LogP contribution is 2.20. The maximum Gasteiger partial charge on any atom is 0.139 e. The first-order valence-electron chi connectivity index (χ1n) is 10.9. The minimum Gasteiger partial charge on any atom is -0.494 e. The van der Waals surface area contributed by atoms with Gasteiger partial charge in [0.15, 0.2) is 0 Å². The van der Waals surface area contributed by atoms with Crippen LogP contribution < -0.4 is 4.74 Å². The molecule has 0 fully saturated rings. The van der Waals surface area contributed by atoms with Gasteiger partial charge in [0, 0.05) is 11.6 Å². The van der Waals surface area contributed by atoms with E-state index in [4.69, 9.17) is 4.74 Å². The topological polar surface area (TPSA) is 9.23 Å². The number of hydrogen-bond acceptors (Lipinski definition) is 1. The van der Waals surface area contributed by atoms with Crippen molar-refractivity contribution in [2.24, 2.45) is 0 Å². The van der Waals surface area contributed by atoms with E-state index in [9.17, 15) is 13.2 Å². The molecule has 0 unspecified atom stereocenters. The van der Waals surface area contributed by atoms with Crippen molar-refractivity contribution in [3.8, 4) is 17.6 Å². The molecule has 0 aliphatic carbocycles. The lowest BCUT2D eigenvalue weighted by molar-refractivity contribution is 0.315. The smallest absolute Gasteiger partial charge is 0.139 e. The largest absolute Gasteiger partial charge is 0.494 e. The van der Waals surface area contributed by atoms with Gasteiger partial charge in [-0.1, -0.05) is 43.0 Å². The highest BCUT2D eigenvalue weighted by molar-refractivity contribution is 5.84. The Morgan fingerprint density at radius 2 is 1.55 bits per heavy atom. The molecule has 0 N–H and O–H groups in total. The Morgan fingerprint density at radius 1 is 0.727 bits per heavy atom. The lowest BCUT2D eigenvalue weighted by Gasteiger charge is -2.08. The summed E-state index contributed by atoms with van der Waals surface area (Å²) in [6.07, 6.45) is 1.83. The van der Waals surface area contributed by atoms with E-state index in [0.29, 0.717) is 36.3 Å². The molecular weight excluding hydrogens is 421 g/mol. The summed E-state index contributed by atoms with van der Waals surface area (Å²) in [5, 5.41) is 1.66.